The van der Waals surface area contributed by atoms with E-state index in [2.05, 4.69) is 10.6 Å². The Kier molecular flexibility index (Phi) is 7.21. The van der Waals surface area contributed by atoms with E-state index in [1.807, 2.05) is 19.1 Å². The molecule has 2 heterocycles. The Morgan fingerprint density at radius 3 is 2.69 bits per heavy atom. The van der Waals surface area contributed by atoms with Gasteiger partial charge >= 0.3 is 12.0 Å². The predicted molar refractivity (Wildman–Crippen MR) is 135 cm³/mol. The molecular weight excluding hydrogens is 486 g/mol. The molecule has 1 atom stereocenters. The number of rotatable bonds is 7. The van der Waals surface area contributed by atoms with Crippen molar-refractivity contribution in [2.24, 2.45) is 0 Å². The highest BCUT2D eigenvalue weighted by Gasteiger charge is 2.23. The van der Waals surface area contributed by atoms with Crippen molar-refractivity contribution in [1.29, 1.82) is 0 Å². The number of hydrogen-bond acceptors (Lipinski definition) is 5. The van der Waals surface area contributed by atoms with Crippen molar-refractivity contribution in [2.75, 3.05) is 11.9 Å². The first kappa shape index (κ1) is 25.1. The van der Waals surface area contributed by atoms with Crippen LogP contribution in [0.2, 0.25) is 5.02 Å². The average Bonchev–Trinajstić information content (AvgIpc) is 3.29. The van der Waals surface area contributed by atoms with Gasteiger partial charge in [-0.2, -0.15) is 0 Å². The fourth-order valence-corrected chi connectivity index (χ4v) is 4.50. The molecule has 0 aliphatic carbocycles. The van der Waals surface area contributed by atoms with E-state index in [4.69, 9.17) is 16.3 Å². The van der Waals surface area contributed by atoms with E-state index in [0.29, 0.717) is 29.2 Å². The van der Waals surface area contributed by atoms with Gasteiger partial charge in [0.15, 0.2) is 5.69 Å². The lowest BCUT2D eigenvalue weighted by Gasteiger charge is -2.20. The van der Waals surface area contributed by atoms with Crippen LogP contribution in [0, 0.1) is 13.8 Å². The minimum absolute atomic E-state index is 0.139. The fraction of sp³-hybridized carbons (Fsp3) is 0.269. The minimum Gasteiger partial charge on any atom is -0.505 e. The lowest BCUT2D eigenvalue weighted by molar-refractivity contribution is -0.137. The standard InChI is InChI=1S/C26H26ClN3O6/c1-14-4-3-5-19(27)18(14)13-30-12-15(2)24(33)23(25(30)34)29-26(35)28-20(11-22(31)32)16-6-7-21-17(10-16)8-9-36-21/h3-7,10,12,20,33H,8-9,11,13H2,1-2H3,(H,31,32)(H2,28,29,35)/t20-/m0/s1. The van der Waals surface area contributed by atoms with E-state index in [1.54, 1.807) is 31.2 Å². The van der Waals surface area contributed by atoms with E-state index < -0.39 is 23.6 Å². The maximum absolute atomic E-state index is 13.2. The fourth-order valence-electron chi connectivity index (χ4n) is 4.22. The number of carbonyl (C=O) groups excluding carboxylic acids is 1. The van der Waals surface area contributed by atoms with Crippen LogP contribution in [-0.4, -0.2) is 33.4 Å². The second kappa shape index (κ2) is 10.3. The monoisotopic (exact) mass is 511 g/mol. The molecule has 0 unspecified atom stereocenters. The molecule has 0 saturated heterocycles. The Hall–Kier alpha value is -3.98. The van der Waals surface area contributed by atoms with Gasteiger partial charge in [0.05, 0.1) is 25.6 Å². The number of nitrogens with one attached hydrogen (secondary N) is 2. The first-order chi connectivity index (χ1) is 17.1. The van der Waals surface area contributed by atoms with Gasteiger partial charge in [0, 0.05) is 23.2 Å². The molecule has 0 spiro atoms. The van der Waals surface area contributed by atoms with Crippen LogP contribution in [0.1, 0.15) is 40.3 Å². The normalized spacial score (nSPS) is 13.0. The molecule has 1 aliphatic heterocycles. The molecule has 10 heteroatoms. The van der Waals surface area contributed by atoms with Crippen LogP contribution < -0.4 is 20.9 Å². The van der Waals surface area contributed by atoms with Crippen LogP contribution in [0.5, 0.6) is 11.5 Å². The van der Waals surface area contributed by atoms with Gasteiger partial charge in [-0.15, -0.1) is 0 Å². The molecule has 0 radical (unpaired) electrons. The number of aromatic hydroxyl groups is 1. The van der Waals surface area contributed by atoms with E-state index in [9.17, 15) is 24.6 Å². The smallest absolute Gasteiger partial charge is 0.319 e. The zero-order valence-corrected chi connectivity index (χ0v) is 20.6. The van der Waals surface area contributed by atoms with Crippen molar-refractivity contribution in [3.05, 3.63) is 85.8 Å². The first-order valence-corrected chi connectivity index (χ1v) is 11.7. The van der Waals surface area contributed by atoms with Crippen molar-refractivity contribution >= 4 is 29.3 Å². The third kappa shape index (κ3) is 5.31. The number of anilines is 1. The summed E-state index contributed by atoms with van der Waals surface area (Å²) in [6, 6.07) is 8.96. The van der Waals surface area contributed by atoms with Crippen molar-refractivity contribution in [1.82, 2.24) is 9.88 Å². The van der Waals surface area contributed by atoms with Gasteiger partial charge in [0.2, 0.25) is 0 Å². The number of ether oxygens (including phenoxy) is 1. The molecule has 36 heavy (non-hydrogen) atoms. The maximum Gasteiger partial charge on any atom is 0.319 e. The van der Waals surface area contributed by atoms with Crippen LogP contribution >= 0.6 is 11.6 Å². The van der Waals surface area contributed by atoms with Crippen LogP contribution in [0.4, 0.5) is 10.5 Å². The van der Waals surface area contributed by atoms with Gasteiger partial charge in [-0.1, -0.05) is 29.8 Å². The SMILES string of the molecule is Cc1cn(Cc2c(C)cccc2Cl)c(=O)c(NC(=O)N[C@@H](CC(=O)O)c2ccc3c(c2)CCO3)c1O. The Morgan fingerprint density at radius 2 is 1.97 bits per heavy atom. The van der Waals surface area contributed by atoms with Crippen LogP contribution in [0.3, 0.4) is 0 Å². The molecule has 1 aliphatic rings. The lowest BCUT2D eigenvalue weighted by atomic mass is 10.0. The summed E-state index contributed by atoms with van der Waals surface area (Å²) >= 11 is 6.32. The van der Waals surface area contributed by atoms with E-state index in [1.165, 1.54) is 10.8 Å². The van der Waals surface area contributed by atoms with Crippen molar-refractivity contribution in [3.8, 4) is 11.5 Å². The summed E-state index contributed by atoms with van der Waals surface area (Å²) in [6.07, 6.45) is 1.81. The molecule has 1 aromatic heterocycles. The molecule has 2 amide bonds. The number of amides is 2. The summed E-state index contributed by atoms with van der Waals surface area (Å²) in [5, 5.41) is 25.5. The summed E-state index contributed by atoms with van der Waals surface area (Å²) in [5.74, 6) is -0.740. The van der Waals surface area contributed by atoms with Gasteiger partial charge in [0.1, 0.15) is 11.5 Å². The van der Waals surface area contributed by atoms with Crippen LogP contribution in [0.25, 0.3) is 0 Å². The van der Waals surface area contributed by atoms with E-state index >= 15 is 0 Å². The molecule has 0 saturated carbocycles. The number of halogens is 1. The van der Waals surface area contributed by atoms with Gasteiger partial charge < -0.3 is 30.2 Å². The second-order valence-electron chi connectivity index (χ2n) is 8.72. The largest absolute Gasteiger partial charge is 0.505 e. The Morgan fingerprint density at radius 1 is 1.19 bits per heavy atom. The van der Waals surface area contributed by atoms with E-state index in [0.717, 1.165) is 22.4 Å². The number of nitrogens with zero attached hydrogens (tertiary/aromatic N) is 1. The zero-order valence-electron chi connectivity index (χ0n) is 19.8. The predicted octanol–water partition coefficient (Wildman–Crippen LogP) is 4.14. The van der Waals surface area contributed by atoms with Crippen LogP contribution in [0.15, 0.2) is 47.4 Å². The number of benzene rings is 2. The Labute approximate surface area is 212 Å². The number of carbonyl (C=O) groups is 2. The quantitative estimate of drug-likeness (QED) is 0.377. The number of hydrogen-bond donors (Lipinski definition) is 4. The molecular formula is C26H26ClN3O6. The first-order valence-electron chi connectivity index (χ1n) is 11.4. The Bertz CT molecular complexity index is 1380. The highest BCUT2D eigenvalue weighted by atomic mass is 35.5. The summed E-state index contributed by atoms with van der Waals surface area (Å²) in [5.41, 5.74) is 2.59. The summed E-state index contributed by atoms with van der Waals surface area (Å²) < 4.78 is 6.85. The Balaban J connectivity index is 1.59. The molecule has 9 nitrogen and oxygen atoms in total. The average molecular weight is 512 g/mol. The number of aliphatic carboxylic acids is 1. The number of aromatic nitrogens is 1. The van der Waals surface area contributed by atoms with Crippen molar-refractivity contribution in [3.63, 3.8) is 0 Å². The number of carboxylic acids is 1. The summed E-state index contributed by atoms with van der Waals surface area (Å²) in [6.45, 7) is 4.16. The lowest BCUT2D eigenvalue weighted by Crippen LogP contribution is -2.36. The van der Waals surface area contributed by atoms with Gasteiger partial charge in [0.25, 0.3) is 5.56 Å². The zero-order chi connectivity index (χ0) is 26.0. The third-order valence-corrected chi connectivity index (χ3v) is 6.51. The molecule has 0 bridgehead atoms. The number of urea groups is 1. The molecule has 188 valence electrons. The number of pyridine rings is 1. The van der Waals surface area contributed by atoms with Gasteiger partial charge in [-0.3, -0.25) is 9.59 Å². The van der Waals surface area contributed by atoms with Crippen LogP contribution in [-0.2, 0) is 17.8 Å². The number of carboxylic acid groups (broad SMARTS) is 1. The molecule has 4 N–H and O–H groups in total. The van der Waals surface area contributed by atoms with E-state index in [-0.39, 0.29) is 24.4 Å². The second-order valence-corrected chi connectivity index (χ2v) is 9.13. The molecule has 4 rings (SSSR count). The molecule has 0 fully saturated rings. The van der Waals surface area contributed by atoms with Gasteiger partial charge in [-0.25, -0.2) is 4.79 Å². The maximum atomic E-state index is 13.2. The summed E-state index contributed by atoms with van der Waals surface area (Å²) in [7, 11) is 0. The highest BCUT2D eigenvalue weighted by molar-refractivity contribution is 6.31. The number of fused-ring (bicyclic) bond motifs is 1. The minimum atomic E-state index is -1.10. The van der Waals surface area contributed by atoms with Crippen molar-refractivity contribution in [2.45, 2.75) is 39.3 Å². The topological polar surface area (TPSA) is 130 Å². The van der Waals surface area contributed by atoms with Gasteiger partial charge in [-0.05, 0) is 54.3 Å². The highest BCUT2D eigenvalue weighted by Crippen LogP contribution is 2.30. The number of aryl methyl sites for hydroxylation is 2. The van der Waals surface area contributed by atoms with Crippen molar-refractivity contribution < 1.29 is 24.5 Å². The molecule has 2 aromatic carbocycles. The summed E-state index contributed by atoms with van der Waals surface area (Å²) in [4.78, 5) is 37.5. The molecule has 3 aromatic rings. The third-order valence-electron chi connectivity index (χ3n) is 6.15.